The first-order valence-electron chi connectivity index (χ1n) is 6.72. The average molecular weight is 338 g/mol. The van der Waals surface area contributed by atoms with E-state index in [9.17, 15) is 9.90 Å². The highest BCUT2D eigenvalue weighted by Gasteiger charge is 2.40. The first kappa shape index (κ1) is 13.6. The largest absolute Gasteiger partial charge is 0.481 e. The second-order valence-electron chi connectivity index (χ2n) is 5.16. The van der Waals surface area contributed by atoms with Crippen molar-refractivity contribution in [3.63, 3.8) is 0 Å². The number of halogens is 1. The molecule has 1 unspecified atom stereocenters. The van der Waals surface area contributed by atoms with Gasteiger partial charge in [0.05, 0.1) is 18.7 Å². The van der Waals surface area contributed by atoms with Gasteiger partial charge in [0.15, 0.2) is 0 Å². The quantitative estimate of drug-likeness (QED) is 0.899. The van der Waals surface area contributed by atoms with Crippen molar-refractivity contribution >= 4 is 32.8 Å². The van der Waals surface area contributed by atoms with Gasteiger partial charge in [-0.2, -0.15) is 0 Å². The highest BCUT2D eigenvalue weighted by molar-refractivity contribution is 9.10. The number of H-pyrrole nitrogens is 1. The summed E-state index contributed by atoms with van der Waals surface area (Å²) in [6.07, 6.45) is 1.43. The molecule has 1 aliphatic rings. The second-order valence-corrected chi connectivity index (χ2v) is 6.01. The Morgan fingerprint density at radius 1 is 1.55 bits per heavy atom. The minimum absolute atomic E-state index is 0.0130. The molecule has 5 heteroatoms. The normalized spacial score (nSPS) is 21.9. The maximum Gasteiger partial charge on any atom is 0.306 e. The highest BCUT2D eigenvalue weighted by atomic mass is 79.9. The van der Waals surface area contributed by atoms with Crippen LogP contribution in [0.4, 0.5) is 0 Å². The summed E-state index contributed by atoms with van der Waals surface area (Å²) in [5.74, 6) is -0.836. The van der Waals surface area contributed by atoms with Gasteiger partial charge in [-0.25, -0.2) is 0 Å². The smallest absolute Gasteiger partial charge is 0.306 e. The molecule has 0 amide bonds. The van der Waals surface area contributed by atoms with Crippen LogP contribution in [-0.2, 0) is 21.6 Å². The summed E-state index contributed by atoms with van der Waals surface area (Å²) in [4.78, 5) is 14.6. The number of aliphatic carboxylic acids is 1. The van der Waals surface area contributed by atoms with Gasteiger partial charge in [0, 0.05) is 15.4 Å². The Morgan fingerprint density at radius 2 is 2.35 bits per heavy atom. The minimum Gasteiger partial charge on any atom is -0.481 e. The molecule has 0 saturated carbocycles. The van der Waals surface area contributed by atoms with Crippen molar-refractivity contribution in [1.82, 2.24) is 4.98 Å². The molecular weight excluding hydrogens is 322 g/mol. The van der Waals surface area contributed by atoms with Gasteiger partial charge in [0.1, 0.15) is 5.60 Å². The van der Waals surface area contributed by atoms with Crippen molar-refractivity contribution in [1.29, 1.82) is 0 Å². The molecule has 1 aliphatic heterocycles. The molecule has 0 fully saturated rings. The molecule has 0 saturated heterocycles. The van der Waals surface area contributed by atoms with Crippen LogP contribution in [0.2, 0.25) is 0 Å². The predicted molar refractivity (Wildman–Crippen MR) is 79.9 cm³/mol. The molecule has 106 valence electrons. The number of benzene rings is 1. The summed E-state index contributed by atoms with van der Waals surface area (Å²) in [5.41, 5.74) is 2.40. The molecule has 1 aromatic carbocycles. The third kappa shape index (κ3) is 1.96. The Bertz CT molecular complexity index is 679. The zero-order valence-electron chi connectivity index (χ0n) is 11.2. The lowest BCUT2D eigenvalue weighted by atomic mass is 9.86. The van der Waals surface area contributed by atoms with Crippen molar-refractivity contribution in [3.05, 3.63) is 33.9 Å². The van der Waals surface area contributed by atoms with E-state index >= 15 is 0 Å². The van der Waals surface area contributed by atoms with E-state index in [0.29, 0.717) is 13.0 Å². The lowest BCUT2D eigenvalue weighted by Gasteiger charge is -2.35. The maximum absolute atomic E-state index is 11.2. The maximum atomic E-state index is 11.2. The van der Waals surface area contributed by atoms with E-state index in [1.807, 2.05) is 25.1 Å². The molecule has 1 atom stereocenters. The lowest BCUT2D eigenvalue weighted by molar-refractivity contribution is -0.148. The Labute approximate surface area is 125 Å². The first-order chi connectivity index (χ1) is 9.57. The van der Waals surface area contributed by atoms with Crippen molar-refractivity contribution in [2.45, 2.75) is 31.8 Å². The zero-order valence-corrected chi connectivity index (χ0v) is 12.8. The molecule has 0 radical (unpaired) electrons. The molecule has 0 spiro atoms. The third-order valence-corrected chi connectivity index (χ3v) is 4.73. The van der Waals surface area contributed by atoms with Crippen LogP contribution in [0.3, 0.4) is 0 Å². The Kier molecular flexibility index (Phi) is 3.34. The van der Waals surface area contributed by atoms with Crippen LogP contribution in [-0.4, -0.2) is 22.7 Å². The van der Waals surface area contributed by atoms with Crippen LogP contribution >= 0.6 is 15.9 Å². The Hall–Kier alpha value is -1.33. The number of nitrogens with one attached hydrogen (secondary N) is 1. The molecule has 2 aromatic rings. The number of fused-ring (bicyclic) bond motifs is 3. The molecular formula is C15H16BrNO3. The molecule has 4 nitrogen and oxygen atoms in total. The van der Waals surface area contributed by atoms with Gasteiger partial charge >= 0.3 is 5.97 Å². The van der Waals surface area contributed by atoms with Gasteiger partial charge in [-0.15, -0.1) is 0 Å². The van der Waals surface area contributed by atoms with Gasteiger partial charge in [-0.05, 0) is 30.5 Å². The van der Waals surface area contributed by atoms with Crippen LogP contribution in [0.15, 0.2) is 22.7 Å². The molecule has 3 rings (SSSR count). The van der Waals surface area contributed by atoms with E-state index in [2.05, 4.69) is 20.9 Å². The first-order valence-corrected chi connectivity index (χ1v) is 7.52. The molecule has 0 aliphatic carbocycles. The fourth-order valence-electron chi connectivity index (χ4n) is 3.12. The van der Waals surface area contributed by atoms with Gasteiger partial charge in [-0.1, -0.05) is 28.9 Å². The topological polar surface area (TPSA) is 62.3 Å². The molecule has 0 bridgehead atoms. The van der Waals surface area contributed by atoms with Crippen molar-refractivity contribution in [3.8, 4) is 0 Å². The van der Waals surface area contributed by atoms with Crippen LogP contribution in [0.1, 0.15) is 31.0 Å². The van der Waals surface area contributed by atoms with Crippen molar-refractivity contribution in [2.24, 2.45) is 0 Å². The lowest BCUT2D eigenvalue weighted by Crippen LogP contribution is -2.37. The molecule has 2 N–H and O–H groups in total. The van der Waals surface area contributed by atoms with Crippen LogP contribution < -0.4 is 0 Å². The van der Waals surface area contributed by atoms with E-state index in [-0.39, 0.29) is 6.42 Å². The zero-order chi connectivity index (χ0) is 14.3. The van der Waals surface area contributed by atoms with Crippen LogP contribution in [0.25, 0.3) is 10.9 Å². The molecule has 1 aromatic heterocycles. The van der Waals surface area contributed by atoms with Gasteiger partial charge in [0.2, 0.25) is 0 Å². The summed E-state index contributed by atoms with van der Waals surface area (Å²) in [7, 11) is 0. The van der Waals surface area contributed by atoms with Gasteiger partial charge in [0.25, 0.3) is 0 Å². The van der Waals surface area contributed by atoms with E-state index < -0.39 is 11.6 Å². The predicted octanol–water partition coefficient (Wildman–Crippen LogP) is 3.58. The summed E-state index contributed by atoms with van der Waals surface area (Å²) in [5, 5.41) is 10.4. The van der Waals surface area contributed by atoms with E-state index in [0.717, 1.165) is 27.5 Å². The van der Waals surface area contributed by atoms with Crippen molar-refractivity contribution < 1.29 is 14.6 Å². The molecule has 20 heavy (non-hydrogen) atoms. The van der Waals surface area contributed by atoms with Gasteiger partial charge < -0.3 is 14.8 Å². The van der Waals surface area contributed by atoms with E-state index in [1.54, 1.807) is 0 Å². The van der Waals surface area contributed by atoms with Crippen molar-refractivity contribution in [2.75, 3.05) is 6.61 Å². The van der Waals surface area contributed by atoms with Crippen LogP contribution in [0, 0.1) is 0 Å². The minimum atomic E-state index is -0.836. The SMILES string of the molecule is CCC1(CC(=O)O)OCCc2c1[nH]c1cccc(Br)c21. The number of aromatic nitrogens is 1. The Morgan fingerprint density at radius 3 is 3.05 bits per heavy atom. The van der Waals surface area contributed by atoms with Crippen LogP contribution in [0.5, 0.6) is 0 Å². The number of ether oxygens (including phenoxy) is 1. The average Bonchev–Trinajstić information content (AvgIpc) is 2.79. The number of carbonyl (C=O) groups is 1. The summed E-state index contributed by atoms with van der Waals surface area (Å²) in [6.45, 7) is 2.53. The van der Waals surface area contributed by atoms with Gasteiger partial charge in [-0.3, -0.25) is 4.79 Å². The summed E-state index contributed by atoms with van der Waals surface area (Å²) >= 11 is 3.59. The number of aromatic amines is 1. The number of hydrogen-bond acceptors (Lipinski definition) is 2. The number of carboxylic acid groups (broad SMARTS) is 1. The van der Waals surface area contributed by atoms with E-state index in [4.69, 9.17) is 4.74 Å². The second kappa shape index (κ2) is 4.90. The standard InChI is InChI=1S/C15H16BrNO3/c1-2-15(8-12(18)19)14-9(6-7-20-15)13-10(16)4-3-5-11(13)17-14/h3-5,17H,2,6-8H2,1H3,(H,18,19). The Balaban J connectivity index is 2.25. The monoisotopic (exact) mass is 337 g/mol. The number of carboxylic acids is 1. The number of rotatable bonds is 3. The molecule has 2 heterocycles. The fourth-order valence-corrected chi connectivity index (χ4v) is 3.72. The summed E-state index contributed by atoms with van der Waals surface area (Å²) < 4.78 is 6.93. The van der Waals surface area contributed by atoms with E-state index in [1.165, 1.54) is 5.56 Å². The fraction of sp³-hybridized carbons (Fsp3) is 0.400. The summed E-state index contributed by atoms with van der Waals surface area (Å²) in [6, 6.07) is 6.00. The third-order valence-electron chi connectivity index (χ3n) is 4.07. The highest BCUT2D eigenvalue weighted by Crippen LogP contribution is 2.43. The number of hydrogen-bond donors (Lipinski definition) is 2.